The second kappa shape index (κ2) is 6.74. The van der Waals surface area contributed by atoms with E-state index in [-0.39, 0.29) is 18.0 Å². The van der Waals surface area contributed by atoms with Gasteiger partial charge in [-0.05, 0) is 30.7 Å². The molecular formula is C16H16FNO3. The van der Waals surface area contributed by atoms with Crippen LogP contribution in [-0.4, -0.2) is 24.2 Å². The van der Waals surface area contributed by atoms with Crippen molar-refractivity contribution in [3.63, 3.8) is 0 Å². The van der Waals surface area contributed by atoms with Gasteiger partial charge in [0.25, 0.3) is 0 Å². The molecule has 0 saturated carbocycles. The Morgan fingerprint density at radius 1 is 1.24 bits per heavy atom. The number of hydrogen-bond donors (Lipinski definition) is 2. The van der Waals surface area contributed by atoms with Crippen LogP contribution in [-0.2, 0) is 0 Å². The lowest BCUT2D eigenvalue weighted by Crippen LogP contribution is -2.14. The highest BCUT2D eigenvalue weighted by Gasteiger charge is 2.10. The minimum atomic E-state index is -1.04. The Labute approximate surface area is 122 Å². The van der Waals surface area contributed by atoms with Gasteiger partial charge in [0, 0.05) is 6.54 Å². The quantitative estimate of drug-likeness (QED) is 0.801. The van der Waals surface area contributed by atoms with Crippen molar-refractivity contribution in [2.45, 2.75) is 6.92 Å². The molecule has 0 amide bonds. The van der Waals surface area contributed by atoms with Crippen molar-refractivity contribution in [2.24, 2.45) is 0 Å². The van der Waals surface area contributed by atoms with Gasteiger partial charge in [-0.15, -0.1) is 0 Å². The standard InChI is InChI=1S/C16H16FNO3/c1-11-5-4-7-13(17)15(11)18-9-10-21-14-8-3-2-6-12(14)16(19)20/h2-8,18H,9-10H2,1H3,(H,19,20). The first-order valence-electron chi connectivity index (χ1n) is 6.53. The Bertz CT molecular complexity index is 623. The number of carboxylic acid groups (broad SMARTS) is 1. The second-order valence-corrected chi connectivity index (χ2v) is 4.51. The van der Waals surface area contributed by atoms with E-state index in [2.05, 4.69) is 5.32 Å². The van der Waals surface area contributed by atoms with Gasteiger partial charge in [0.05, 0.1) is 5.69 Å². The van der Waals surface area contributed by atoms with Crippen molar-refractivity contribution in [1.82, 2.24) is 0 Å². The Hall–Kier alpha value is -2.56. The Morgan fingerprint density at radius 3 is 2.71 bits per heavy atom. The van der Waals surface area contributed by atoms with Gasteiger partial charge in [0.2, 0.25) is 0 Å². The molecule has 5 heteroatoms. The van der Waals surface area contributed by atoms with E-state index < -0.39 is 5.97 Å². The SMILES string of the molecule is Cc1cccc(F)c1NCCOc1ccccc1C(=O)O. The zero-order valence-corrected chi connectivity index (χ0v) is 11.6. The van der Waals surface area contributed by atoms with E-state index in [0.717, 1.165) is 5.56 Å². The van der Waals surface area contributed by atoms with E-state index >= 15 is 0 Å². The van der Waals surface area contributed by atoms with Crippen molar-refractivity contribution < 1.29 is 19.0 Å². The zero-order valence-electron chi connectivity index (χ0n) is 11.6. The van der Waals surface area contributed by atoms with E-state index in [0.29, 0.717) is 18.0 Å². The molecule has 4 nitrogen and oxygen atoms in total. The third kappa shape index (κ3) is 3.72. The summed E-state index contributed by atoms with van der Waals surface area (Å²) in [6.45, 7) is 2.42. The molecule has 0 aliphatic carbocycles. The number of rotatable bonds is 6. The van der Waals surface area contributed by atoms with E-state index in [9.17, 15) is 9.18 Å². The number of halogens is 1. The van der Waals surface area contributed by atoms with Gasteiger partial charge in [0.15, 0.2) is 0 Å². The van der Waals surface area contributed by atoms with Gasteiger partial charge in [-0.3, -0.25) is 0 Å². The van der Waals surface area contributed by atoms with Crippen LogP contribution in [0.4, 0.5) is 10.1 Å². The number of hydrogen-bond acceptors (Lipinski definition) is 3. The maximum atomic E-state index is 13.6. The molecule has 0 aliphatic heterocycles. The maximum Gasteiger partial charge on any atom is 0.339 e. The summed E-state index contributed by atoms with van der Waals surface area (Å²) in [5.41, 5.74) is 1.35. The molecule has 21 heavy (non-hydrogen) atoms. The Balaban J connectivity index is 1.92. The molecule has 0 unspecified atom stereocenters. The summed E-state index contributed by atoms with van der Waals surface area (Å²) in [6, 6.07) is 11.3. The molecule has 0 radical (unpaired) electrons. The molecule has 0 aliphatic rings. The first-order valence-corrected chi connectivity index (χ1v) is 6.53. The lowest BCUT2D eigenvalue weighted by atomic mass is 10.2. The summed E-state index contributed by atoms with van der Waals surface area (Å²) in [7, 11) is 0. The number of nitrogens with one attached hydrogen (secondary N) is 1. The number of ether oxygens (including phenoxy) is 1. The number of carboxylic acids is 1. The van der Waals surface area contributed by atoms with Gasteiger partial charge in [-0.1, -0.05) is 24.3 Å². The fourth-order valence-corrected chi connectivity index (χ4v) is 1.96. The van der Waals surface area contributed by atoms with E-state index in [1.165, 1.54) is 12.1 Å². The largest absolute Gasteiger partial charge is 0.491 e. The summed E-state index contributed by atoms with van der Waals surface area (Å²) in [6.07, 6.45) is 0. The van der Waals surface area contributed by atoms with Crippen LogP contribution < -0.4 is 10.1 Å². The fourth-order valence-electron chi connectivity index (χ4n) is 1.96. The molecule has 0 saturated heterocycles. The summed E-state index contributed by atoms with van der Waals surface area (Å²) in [5.74, 6) is -1.05. The minimum absolute atomic E-state index is 0.111. The van der Waals surface area contributed by atoms with Crippen molar-refractivity contribution in [2.75, 3.05) is 18.5 Å². The number of para-hydroxylation sites is 2. The van der Waals surface area contributed by atoms with Crippen LogP contribution in [0.2, 0.25) is 0 Å². The number of carbonyl (C=O) groups is 1. The average molecular weight is 289 g/mol. The molecule has 2 aromatic carbocycles. The molecule has 2 N–H and O–H groups in total. The van der Waals surface area contributed by atoms with E-state index in [1.807, 2.05) is 13.0 Å². The summed E-state index contributed by atoms with van der Waals surface area (Å²) in [5, 5.41) is 12.0. The molecule has 0 bridgehead atoms. The highest BCUT2D eigenvalue weighted by Crippen LogP contribution is 2.19. The van der Waals surface area contributed by atoms with Crippen LogP contribution in [0.25, 0.3) is 0 Å². The molecule has 2 aromatic rings. The minimum Gasteiger partial charge on any atom is -0.491 e. The lowest BCUT2D eigenvalue weighted by Gasteiger charge is -2.12. The normalized spacial score (nSPS) is 10.2. The molecule has 0 atom stereocenters. The van der Waals surface area contributed by atoms with Crippen molar-refractivity contribution in [1.29, 1.82) is 0 Å². The smallest absolute Gasteiger partial charge is 0.339 e. The molecular weight excluding hydrogens is 273 g/mol. The zero-order chi connectivity index (χ0) is 15.2. The fraction of sp³-hybridized carbons (Fsp3) is 0.188. The van der Waals surface area contributed by atoms with Crippen LogP contribution in [0, 0.1) is 12.7 Å². The third-order valence-corrected chi connectivity index (χ3v) is 3.00. The number of aryl methyl sites for hydroxylation is 1. The number of aromatic carboxylic acids is 1. The number of benzene rings is 2. The van der Waals surface area contributed by atoms with Gasteiger partial charge in [-0.25, -0.2) is 9.18 Å². The topological polar surface area (TPSA) is 58.6 Å². The van der Waals surface area contributed by atoms with E-state index in [1.54, 1.807) is 24.3 Å². The third-order valence-electron chi connectivity index (χ3n) is 3.00. The van der Waals surface area contributed by atoms with Crippen molar-refractivity contribution in [3.8, 4) is 5.75 Å². The maximum absolute atomic E-state index is 13.6. The van der Waals surface area contributed by atoms with Crippen LogP contribution in [0.15, 0.2) is 42.5 Å². The lowest BCUT2D eigenvalue weighted by molar-refractivity contribution is 0.0692. The first kappa shape index (κ1) is 14.8. The summed E-state index contributed by atoms with van der Waals surface area (Å²) >= 11 is 0. The van der Waals surface area contributed by atoms with Crippen molar-refractivity contribution >= 4 is 11.7 Å². The molecule has 0 aromatic heterocycles. The first-order chi connectivity index (χ1) is 10.1. The van der Waals surface area contributed by atoms with Crippen LogP contribution in [0.5, 0.6) is 5.75 Å². The van der Waals surface area contributed by atoms with Gasteiger partial charge >= 0.3 is 5.97 Å². The van der Waals surface area contributed by atoms with Crippen molar-refractivity contribution in [3.05, 3.63) is 59.4 Å². The van der Waals surface area contributed by atoms with Gasteiger partial charge in [-0.2, -0.15) is 0 Å². The monoisotopic (exact) mass is 289 g/mol. The van der Waals surface area contributed by atoms with E-state index in [4.69, 9.17) is 9.84 Å². The predicted molar refractivity (Wildman–Crippen MR) is 78.5 cm³/mol. The van der Waals surface area contributed by atoms with Crippen LogP contribution in [0.3, 0.4) is 0 Å². The molecule has 0 spiro atoms. The molecule has 0 fully saturated rings. The van der Waals surface area contributed by atoms with Crippen LogP contribution >= 0.6 is 0 Å². The molecule has 0 heterocycles. The summed E-state index contributed by atoms with van der Waals surface area (Å²) in [4.78, 5) is 11.0. The summed E-state index contributed by atoms with van der Waals surface area (Å²) < 4.78 is 19.0. The second-order valence-electron chi connectivity index (χ2n) is 4.51. The number of anilines is 1. The Kier molecular flexibility index (Phi) is 4.77. The van der Waals surface area contributed by atoms with Gasteiger partial charge in [0.1, 0.15) is 23.7 Å². The molecule has 110 valence electrons. The Morgan fingerprint density at radius 2 is 2.00 bits per heavy atom. The highest BCUT2D eigenvalue weighted by molar-refractivity contribution is 5.90. The molecule has 2 rings (SSSR count). The predicted octanol–water partition coefficient (Wildman–Crippen LogP) is 3.32. The highest BCUT2D eigenvalue weighted by atomic mass is 19.1. The van der Waals surface area contributed by atoms with Gasteiger partial charge < -0.3 is 15.2 Å². The average Bonchev–Trinajstić information content (AvgIpc) is 2.46. The van der Waals surface area contributed by atoms with Crippen LogP contribution in [0.1, 0.15) is 15.9 Å².